The first-order chi connectivity index (χ1) is 10.1. The molecule has 1 amide bonds. The number of hydrogen-bond acceptors (Lipinski definition) is 4. The fourth-order valence-corrected chi connectivity index (χ4v) is 2.63. The Bertz CT molecular complexity index is 589. The van der Waals surface area contributed by atoms with Crippen molar-refractivity contribution in [1.82, 2.24) is 5.32 Å². The molecule has 2 aliphatic rings. The Labute approximate surface area is 121 Å². The molecule has 2 fully saturated rings. The van der Waals surface area contributed by atoms with Crippen LogP contribution in [-0.2, 0) is 4.79 Å². The summed E-state index contributed by atoms with van der Waals surface area (Å²) in [4.78, 5) is 23.8. The Kier molecular flexibility index (Phi) is 3.59. The molecule has 1 aromatic rings. The van der Waals surface area contributed by atoms with Gasteiger partial charge in [-0.15, -0.1) is 0 Å². The summed E-state index contributed by atoms with van der Waals surface area (Å²) in [7, 11) is 0. The molecule has 1 N–H and O–H groups in total. The number of hydrogen-bond donors (Lipinski definition) is 1. The van der Waals surface area contributed by atoms with Gasteiger partial charge in [0.1, 0.15) is 0 Å². The summed E-state index contributed by atoms with van der Waals surface area (Å²) in [6.07, 6.45) is 3.79. The first kappa shape index (κ1) is 13.9. The molecule has 1 unspecified atom stereocenters. The minimum atomic E-state index is -0.914. The van der Waals surface area contributed by atoms with Gasteiger partial charge in [-0.05, 0) is 31.7 Å². The zero-order valence-electron chi connectivity index (χ0n) is 11.4. The number of nitro groups is 1. The van der Waals surface area contributed by atoms with Crippen LogP contribution in [0.15, 0.2) is 18.2 Å². The molecule has 21 heavy (non-hydrogen) atoms. The normalized spacial score (nSPS) is 22.4. The van der Waals surface area contributed by atoms with E-state index in [0.29, 0.717) is 18.3 Å². The SMILES string of the molecule is O=C1C(NC2CC2)CCCN1c1ccc([N+](=O)[O-])c(F)c1. The van der Waals surface area contributed by atoms with Crippen molar-refractivity contribution in [2.75, 3.05) is 11.4 Å². The lowest BCUT2D eigenvalue weighted by Crippen LogP contribution is -2.51. The van der Waals surface area contributed by atoms with Crippen molar-refractivity contribution in [1.29, 1.82) is 0 Å². The summed E-state index contributed by atoms with van der Waals surface area (Å²) in [5, 5.41) is 13.9. The Morgan fingerprint density at radius 1 is 1.33 bits per heavy atom. The third-order valence-electron chi connectivity index (χ3n) is 3.89. The first-order valence-corrected chi connectivity index (χ1v) is 7.07. The van der Waals surface area contributed by atoms with Crippen molar-refractivity contribution in [2.24, 2.45) is 0 Å². The van der Waals surface area contributed by atoms with E-state index in [1.54, 1.807) is 0 Å². The number of halogens is 1. The van der Waals surface area contributed by atoms with Crippen LogP contribution in [0, 0.1) is 15.9 Å². The van der Waals surface area contributed by atoms with Crippen molar-refractivity contribution in [2.45, 2.75) is 37.8 Å². The molecule has 0 bridgehead atoms. The van der Waals surface area contributed by atoms with Crippen LogP contribution in [0.2, 0.25) is 0 Å². The maximum absolute atomic E-state index is 13.7. The Balaban J connectivity index is 1.80. The molecule has 0 spiro atoms. The molecule has 1 aliphatic carbocycles. The van der Waals surface area contributed by atoms with E-state index in [4.69, 9.17) is 0 Å². The molecule has 1 heterocycles. The van der Waals surface area contributed by atoms with Gasteiger partial charge >= 0.3 is 5.69 Å². The fourth-order valence-electron chi connectivity index (χ4n) is 2.63. The summed E-state index contributed by atoms with van der Waals surface area (Å²) < 4.78 is 13.7. The van der Waals surface area contributed by atoms with Crippen LogP contribution in [0.1, 0.15) is 25.7 Å². The van der Waals surface area contributed by atoms with Gasteiger partial charge in [0.2, 0.25) is 11.7 Å². The maximum atomic E-state index is 13.7. The quantitative estimate of drug-likeness (QED) is 0.680. The molecule has 7 heteroatoms. The van der Waals surface area contributed by atoms with Gasteiger partial charge < -0.3 is 10.2 Å². The molecule has 1 saturated carbocycles. The van der Waals surface area contributed by atoms with Crippen molar-refractivity contribution < 1.29 is 14.1 Å². The van der Waals surface area contributed by atoms with E-state index in [9.17, 15) is 19.3 Å². The van der Waals surface area contributed by atoms with Crippen molar-refractivity contribution in [3.8, 4) is 0 Å². The standard InChI is InChI=1S/C14H16FN3O3/c15-11-8-10(5-6-13(11)18(20)21)17-7-1-2-12(14(17)19)16-9-3-4-9/h5-6,8-9,12,16H,1-4,7H2. The minimum Gasteiger partial charge on any atom is -0.311 e. The summed E-state index contributed by atoms with van der Waals surface area (Å²) in [5.74, 6) is -0.996. The van der Waals surface area contributed by atoms with Crippen LogP contribution in [-0.4, -0.2) is 29.5 Å². The molecule has 0 aromatic heterocycles. The number of carbonyl (C=O) groups excluding carboxylic acids is 1. The molecular weight excluding hydrogens is 277 g/mol. The van der Waals surface area contributed by atoms with Crippen molar-refractivity contribution >= 4 is 17.3 Å². The van der Waals surface area contributed by atoms with Gasteiger partial charge in [-0.25, -0.2) is 0 Å². The van der Waals surface area contributed by atoms with E-state index < -0.39 is 16.4 Å². The van der Waals surface area contributed by atoms with Gasteiger partial charge in [0.05, 0.1) is 11.0 Å². The smallest absolute Gasteiger partial charge is 0.304 e. The predicted octanol–water partition coefficient (Wildman–Crippen LogP) is 1.98. The molecular formula is C14H16FN3O3. The van der Waals surface area contributed by atoms with Crippen LogP contribution < -0.4 is 10.2 Å². The topological polar surface area (TPSA) is 75.5 Å². The van der Waals surface area contributed by atoms with E-state index in [1.165, 1.54) is 11.0 Å². The third kappa shape index (κ3) is 2.87. The molecule has 1 aliphatic heterocycles. The molecule has 112 valence electrons. The van der Waals surface area contributed by atoms with Gasteiger partial charge in [-0.1, -0.05) is 0 Å². The highest BCUT2D eigenvalue weighted by Crippen LogP contribution is 2.28. The highest BCUT2D eigenvalue weighted by atomic mass is 19.1. The van der Waals surface area contributed by atoms with Crippen LogP contribution in [0.25, 0.3) is 0 Å². The average molecular weight is 293 g/mol. The van der Waals surface area contributed by atoms with Crippen molar-refractivity contribution in [3.63, 3.8) is 0 Å². The minimum absolute atomic E-state index is 0.0820. The highest BCUT2D eigenvalue weighted by Gasteiger charge is 2.34. The molecule has 1 atom stereocenters. The molecule has 1 aromatic carbocycles. The average Bonchev–Trinajstić information content (AvgIpc) is 3.24. The van der Waals surface area contributed by atoms with Crippen LogP contribution in [0.5, 0.6) is 0 Å². The fraction of sp³-hybridized carbons (Fsp3) is 0.500. The number of nitrogens with one attached hydrogen (secondary N) is 1. The number of piperidine rings is 1. The van der Waals surface area contributed by atoms with E-state index in [1.807, 2.05) is 0 Å². The van der Waals surface area contributed by atoms with Gasteiger partial charge in [0, 0.05) is 30.4 Å². The number of amides is 1. The third-order valence-corrected chi connectivity index (χ3v) is 3.89. The van der Waals surface area contributed by atoms with E-state index in [2.05, 4.69) is 5.32 Å². The number of rotatable bonds is 4. The number of carbonyl (C=O) groups is 1. The lowest BCUT2D eigenvalue weighted by molar-refractivity contribution is -0.387. The number of anilines is 1. The molecule has 0 radical (unpaired) electrons. The first-order valence-electron chi connectivity index (χ1n) is 7.07. The number of nitro benzene ring substituents is 1. The number of benzene rings is 1. The summed E-state index contributed by atoms with van der Waals surface area (Å²) in [5.41, 5.74) is -0.193. The summed E-state index contributed by atoms with van der Waals surface area (Å²) in [6.45, 7) is 0.513. The van der Waals surface area contributed by atoms with E-state index in [0.717, 1.165) is 37.8 Å². The molecule has 3 rings (SSSR count). The Morgan fingerprint density at radius 2 is 2.10 bits per heavy atom. The summed E-state index contributed by atoms with van der Waals surface area (Å²) in [6, 6.07) is 3.79. The van der Waals surface area contributed by atoms with Gasteiger partial charge in [-0.2, -0.15) is 4.39 Å². The zero-order chi connectivity index (χ0) is 15.0. The maximum Gasteiger partial charge on any atom is 0.304 e. The Hall–Kier alpha value is -2.02. The lowest BCUT2D eigenvalue weighted by atomic mass is 10.0. The van der Waals surface area contributed by atoms with E-state index >= 15 is 0 Å². The molecule has 6 nitrogen and oxygen atoms in total. The van der Waals surface area contributed by atoms with Crippen molar-refractivity contribution in [3.05, 3.63) is 34.1 Å². The largest absolute Gasteiger partial charge is 0.311 e. The summed E-state index contributed by atoms with van der Waals surface area (Å²) >= 11 is 0. The van der Waals surface area contributed by atoms with Crippen LogP contribution >= 0.6 is 0 Å². The zero-order valence-corrected chi connectivity index (χ0v) is 11.4. The second-order valence-corrected chi connectivity index (χ2v) is 5.52. The van der Waals surface area contributed by atoms with Gasteiger partial charge in [0.25, 0.3) is 0 Å². The second-order valence-electron chi connectivity index (χ2n) is 5.52. The van der Waals surface area contributed by atoms with Gasteiger partial charge in [0.15, 0.2) is 0 Å². The van der Waals surface area contributed by atoms with Gasteiger partial charge in [-0.3, -0.25) is 14.9 Å². The Morgan fingerprint density at radius 3 is 2.71 bits per heavy atom. The van der Waals surface area contributed by atoms with E-state index in [-0.39, 0.29) is 11.9 Å². The lowest BCUT2D eigenvalue weighted by Gasteiger charge is -2.32. The molecule has 1 saturated heterocycles. The van der Waals surface area contributed by atoms with Crippen LogP contribution in [0.4, 0.5) is 15.8 Å². The predicted molar refractivity (Wildman–Crippen MR) is 74.6 cm³/mol. The second kappa shape index (κ2) is 5.40. The monoisotopic (exact) mass is 293 g/mol. The highest BCUT2D eigenvalue weighted by molar-refractivity contribution is 5.98. The number of nitrogens with zero attached hydrogens (tertiary/aromatic N) is 2. The van der Waals surface area contributed by atoms with Crippen LogP contribution in [0.3, 0.4) is 0 Å².